The first-order chi connectivity index (χ1) is 10.1. The number of benzene rings is 1. The Labute approximate surface area is 128 Å². The number of thiol groups is 1. The van der Waals surface area contributed by atoms with E-state index in [9.17, 15) is 9.59 Å². The zero-order chi connectivity index (χ0) is 15.2. The maximum atomic E-state index is 12.4. The Balaban J connectivity index is 2.53. The Bertz CT molecular complexity index is 681. The van der Waals surface area contributed by atoms with Crippen LogP contribution in [-0.4, -0.2) is 18.9 Å². The quantitative estimate of drug-likeness (QED) is 0.309. The fraction of sp³-hybridized carbons (Fsp3) is 0.0625. The van der Waals surface area contributed by atoms with Crippen LogP contribution in [0.25, 0.3) is 5.70 Å². The molecule has 0 fully saturated rings. The molecule has 106 valence electrons. The highest BCUT2D eigenvalue weighted by Gasteiger charge is 2.28. The number of allylic oxidation sites excluding steroid dienone is 1. The molecule has 0 amide bonds. The molecule has 0 N–H and O–H groups in total. The molecule has 0 atom stereocenters. The summed E-state index contributed by atoms with van der Waals surface area (Å²) in [5.74, 6) is -0.962. The van der Waals surface area contributed by atoms with Crippen molar-refractivity contribution < 1.29 is 18.9 Å². The molecular weight excluding hydrogens is 286 g/mol. The minimum Gasteiger partial charge on any atom is -0.461 e. The molecule has 5 heteroatoms. The van der Waals surface area contributed by atoms with Gasteiger partial charge in [-0.15, -0.1) is 12.6 Å². The summed E-state index contributed by atoms with van der Waals surface area (Å²) in [4.78, 5) is 24.4. The van der Waals surface area contributed by atoms with E-state index < -0.39 is 5.97 Å². The Morgan fingerprint density at radius 3 is 2.14 bits per heavy atom. The highest BCUT2D eigenvalue weighted by molar-refractivity contribution is 7.86. The predicted molar refractivity (Wildman–Crippen MR) is 81.6 cm³/mol. The van der Waals surface area contributed by atoms with Gasteiger partial charge in [-0.1, -0.05) is 36.4 Å². The second-order valence-corrected chi connectivity index (χ2v) is 4.61. The fourth-order valence-electron chi connectivity index (χ4n) is 1.80. The lowest BCUT2D eigenvalue weighted by molar-refractivity contribution is -0.578. The second kappa shape index (κ2) is 6.85. The molecule has 1 aromatic heterocycles. The van der Waals surface area contributed by atoms with Crippen molar-refractivity contribution in [2.45, 2.75) is 0 Å². The molecule has 0 radical (unpaired) electrons. The summed E-state index contributed by atoms with van der Waals surface area (Å²) >= 11 is 4.24. The summed E-state index contributed by atoms with van der Waals surface area (Å²) in [7, 11) is 1.26. The highest BCUT2D eigenvalue weighted by atomic mass is 32.1. The van der Waals surface area contributed by atoms with E-state index in [0.717, 1.165) is 0 Å². The van der Waals surface area contributed by atoms with Crippen molar-refractivity contribution in [3.8, 4) is 0 Å². The number of aromatic nitrogens is 1. The van der Waals surface area contributed by atoms with Gasteiger partial charge in [0.2, 0.25) is 5.78 Å². The van der Waals surface area contributed by atoms with Crippen LogP contribution in [0.3, 0.4) is 0 Å². The lowest BCUT2D eigenvalue weighted by Crippen LogP contribution is -2.37. The molecule has 0 spiro atoms. The van der Waals surface area contributed by atoms with E-state index in [1.807, 2.05) is 12.1 Å². The average Bonchev–Trinajstić information content (AvgIpc) is 2.55. The van der Waals surface area contributed by atoms with Crippen LogP contribution < -0.4 is 4.57 Å². The minimum atomic E-state index is -0.625. The number of pyridine rings is 1. The van der Waals surface area contributed by atoms with Gasteiger partial charge in [-0.25, -0.2) is 4.79 Å². The Hall–Kier alpha value is -2.40. The molecule has 4 nitrogen and oxygen atoms in total. The first kappa shape index (κ1) is 15.0. The largest absolute Gasteiger partial charge is 0.461 e. The average molecular weight is 300 g/mol. The normalized spacial score (nSPS) is 11.5. The molecule has 2 rings (SSSR count). The van der Waals surface area contributed by atoms with Crippen molar-refractivity contribution in [3.63, 3.8) is 0 Å². The number of nitrogens with zero attached hydrogens (tertiary/aromatic N) is 1. The van der Waals surface area contributed by atoms with Crippen LogP contribution in [0.2, 0.25) is 0 Å². The van der Waals surface area contributed by atoms with E-state index in [1.54, 1.807) is 48.8 Å². The van der Waals surface area contributed by atoms with Gasteiger partial charge < -0.3 is 4.74 Å². The second-order valence-electron chi connectivity index (χ2n) is 4.17. The zero-order valence-corrected chi connectivity index (χ0v) is 12.3. The number of carbonyl (C=O) groups excluding carboxylic acids is 2. The van der Waals surface area contributed by atoms with Crippen LogP contribution in [0.15, 0.2) is 65.8 Å². The number of ether oxygens (including phenoxy) is 1. The third kappa shape index (κ3) is 3.38. The van der Waals surface area contributed by atoms with Crippen LogP contribution in [0.1, 0.15) is 10.4 Å². The molecule has 0 bridgehead atoms. The maximum absolute atomic E-state index is 12.4. The molecule has 0 aliphatic heterocycles. The Kier molecular flexibility index (Phi) is 4.90. The molecule has 21 heavy (non-hydrogen) atoms. The molecule has 0 aliphatic rings. The first-order valence-corrected chi connectivity index (χ1v) is 6.68. The van der Waals surface area contributed by atoms with Gasteiger partial charge in [0.1, 0.15) is 4.91 Å². The molecule has 1 aromatic carbocycles. The molecule has 0 aliphatic carbocycles. The van der Waals surface area contributed by atoms with Crippen molar-refractivity contribution in [2.24, 2.45) is 0 Å². The van der Waals surface area contributed by atoms with Gasteiger partial charge in [0, 0.05) is 17.7 Å². The van der Waals surface area contributed by atoms with Crippen LogP contribution >= 0.6 is 12.6 Å². The summed E-state index contributed by atoms with van der Waals surface area (Å²) < 4.78 is 6.26. The molecular formula is C16H14NO3S+. The van der Waals surface area contributed by atoms with Gasteiger partial charge >= 0.3 is 11.7 Å². The maximum Gasteiger partial charge on any atom is 0.405 e. The fourth-order valence-corrected chi connectivity index (χ4v) is 2.14. The van der Waals surface area contributed by atoms with E-state index in [2.05, 4.69) is 12.6 Å². The minimum absolute atomic E-state index is 0.0317. The van der Waals surface area contributed by atoms with E-state index in [1.165, 1.54) is 11.7 Å². The SMILES string of the molecule is COC(=O)/C(=C(/S)C(=O)c1ccccc1)[n+]1ccccc1. The van der Waals surface area contributed by atoms with Crippen molar-refractivity contribution >= 4 is 30.1 Å². The number of esters is 1. The number of Topliss-reactive ketones (excluding diaryl/α,β-unsaturated/α-hetero) is 1. The van der Waals surface area contributed by atoms with Gasteiger partial charge in [0.15, 0.2) is 12.4 Å². The zero-order valence-electron chi connectivity index (χ0n) is 11.4. The Morgan fingerprint density at radius 2 is 1.57 bits per heavy atom. The van der Waals surface area contributed by atoms with Crippen LogP contribution in [0.5, 0.6) is 0 Å². The molecule has 0 saturated heterocycles. The van der Waals surface area contributed by atoms with Crippen LogP contribution in [-0.2, 0) is 9.53 Å². The molecule has 2 aromatic rings. The van der Waals surface area contributed by atoms with Crippen molar-refractivity contribution in [1.82, 2.24) is 0 Å². The predicted octanol–water partition coefficient (Wildman–Crippen LogP) is 2.13. The van der Waals surface area contributed by atoms with Gasteiger partial charge in [-0.3, -0.25) is 4.79 Å². The first-order valence-electron chi connectivity index (χ1n) is 6.23. The van der Waals surface area contributed by atoms with Crippen LogP contribution in [0.4, 0.5) is 0 Å². The summed E-state index contributed by atoms with van der Waals surface area (Å²) in [5, 5.41) is 0. The molecule has 1 heterocycles. The smallest absolute Gasteiger partial charge is 0.405 e. The number of ketones is 1. The van der Waals surface area contributed by atoms with Gasteiger partial charge in [0.25, 0.3) is 0 Å². The lowest BCUT2D eigenvalue weighted by Gasteiger charge is -2.04. The summed E-state index contributed by atoms with van der Waals surface area (Å²) in [6, 6.07) is 14.0. The third-order valence-electron chi connectivity index (χ3n) is 2.83. The number of hydrogen-bond donors (Lipinski definition) is 1. The topological polar surface area (TPSA) is 47.3 Å². The summed E-state index contributed by atoms with van der Waals surface area (Å²) in [6.07, 6.45) is 3.31. The highest BCUT2D eigenvalue weighted by Crippen LogP contribution is 2.17. The van der Waals surface area contributed by atoms with Crippen LogP contribution in [0, 0.1) is 0 Å². The summed E-state index contributed by atoms with van der Waals surface area (Å²) in [6.45, 7) is 0. The van der Waals surface area contributed by atoms with Gasteiger partial charge in [-0.05, 0) is 0 Å². The number of methoxy groups -OCH3 is 1. The van der Waals surface area contributed by atoms with Gasteiger partial charge in [0.05, 0.1) is 7.11 Å². The summed E-state index contributed by atoms with van der Waals surface area (Å²) in [5.41, 5.74) is 0.538. The van der Waals surface area contributed by atoms with Gasteiger partial charge in [-0.2, -0.15) is 4.57 Å². The van der Waals surface area contributed by atoms with E-state index in [4.69, 9.17) is 4.74 Å². The number of rotatable bonds is 4. The standard InChI is InChI=1S/C16H13NO3S/c1-20-16(19)13(17-10-6-3-7-11-17)15(21)14(18)12-8-4-2-5-9-12/h2-11H,1H3/p+1. The van der Waals surface area contributed by atoms with E-state index in [-0.39, 0.29) is 16.4 Å². The number of hydrogen-bond acceptors (Lipinski definition) is 4. The van der Waals surface area contributed by atoms with Crippen molar-refractivity contribution in [3.05, 3.63) is 71.4 Å². The van der Waals surface area contributed by atoms with E-state index >= 15 is 0 Å². The van der Waals surface area contributed by atoms with Crippen molar-refractivity contribution in [1.29, 1.82) is 0 Å². The third-order valence-corrected chi connectivity index (χ3v) is 3.24. The number of carbonyl (C=O) groups is 2. The van der Waals surface area contributed by atoms with E-state index in [0.29, 0.717) is 5.56 Å². The monoisotopic (exact) mass is 300 g/mol. The Morgan fingerprint density at radius 1 is 1.00 bits per heavy atom. The molecule has 0 saturated carbocycles. The van der Waals surface area contributed by atoms with Crippen molar-refractivity contribution in [2.75, 3.05) is 7.11 Å². The molecule has 0 unspecified atom stereocenters. The lowest BCUT2D eigenvalue weighted by atomic mass is 10.1.